The first-order chi connectivity index (χ1) is 11.7. The standard InChI is InChI=1S/C20H20N2O2/c1-2-24-20-12-10-17(11-13-20)21-15-6-8-16(9-7-15)22-18-4-3-5-19(23)14-18/h3-14,21-23H,2H2,1H3. The molecule has 0 spiro atoms. The third kappa shape index (κ3) is 4.20. The molecule has 3 aromatic carbocycles. The fraction of sp³-hybridized carbons (Fsp3) is 0.100. The van der Waals surface area contributed by atoms with Crippen molar-refractivity contribution in [2.45, 2.75) is 6.92 Å². The molecule has 0 fully saturated rings. The van der Waals surface area contributed by atoms with Crippen LogP contribution in [-0.4, -0.2) is 11.7 Å². The Morgan fingerprint density at radius 3 is 1.83 bits per heavy atom. The van der Waals surface area contributed by atoms with Crippen LogP contribution in [0, 0.1) is 0 Å². The molecular formula is C20H20N2O2. The third-order valence-electron chi connectivity index (χ3n) is 3.47. The van der Waals surface area contributed by atoms with Gasteiger partial charge in [-0.05, 0) is 67.6 Å². The molecule has 3 rings (SSSR count). The van der Waals surface area contributed by atoms with Crippen molar-refractivity contribution < 1.29 is 9.84 Å². The van der Waals surface area contributed by atoms with Gasteiger partial charge in [0, 0.05) is 28.8 Å². The molecule has 3 aromatic rings. The van der Waals surface area contributed by atoms with Gasteiger partial charge in [-0.1, -0.05) is 6.07 Å². The molecule has 0 aliphatic heterocycles. The van der Waals surface area contributed by atoms with E-state index in [-0.39, 0.29) is 5.75 Å². The lowest BCUT2D eigenvalue weighted by atomic mass is 10.2. The monoisotopic (exact) mass is 320 g/mol. The molecule has 0 radical (unpaired) electrons. The number of anilines is 4. The van der Waals surface area contributed by atoms with E-state index in [4.69, 9.17) is 4.74 Å². The molecule has 0 amide bonds. The maximum absolute atomic E-state index is 9.49. The van der Waals surface area contributed by atoms with Gasteiger partial charge in [-0.2, -0.15) is 0 Å². The number of phenolic OH excluding ortho intramolecular Hbond substituents is 1. The summed E-state index contributed by atoms with van der Waals surface area (Å²) in [6.45, 7) is 2.64. The van der Waals surface area contributed by atoms with Gasteiger partial charge in [-0.25, -0.2) is 0 Å². The Morgan fingerprint density at radius 1 is 0.750 bits per heavy atom. The summed E-state index contributed by atoms with van der Waals surface area (Å²) in [6.07, 6.45) is 0. The zero-order valence-corrected chi connectivity index (χ0v) is 13.5. The second-order valence-electron chi connectivity index (χ2n) is 5.34. The van der Waals surface area contributed by atoms with Crippen LogP contribution in [0.1, 0.15) is 6.92 Å². The lowest BCUT2D eigenvalue weighted by Crippen LogP contribution is -1.94. The van der Waals surface area contributed by atoms with E-state index in [2.05, 4.69) is 10.6 Å². The van der Waals surface area contributed by atoms with Crippen molar-refractivity contribution in [2.24, 2.45) is 0 Å². The fourth-order valence-electron chi connectivity index (χ4n) is 2.36. The topological polar surface area (TPSA) is 53.5 Å². The summed E-state index contributed by atoms with van der Waals surface area (Å²) in [6, 6.07) is 22.9. The largest absolute Gasteiger partial charge is 0.508 e. The predicted octanol–water partition coefficient (Wildman–Crippen LogP) is 5.28. The Hall–Kier alpha value is -3.14. The maximum atomic E-state index is 9.49. The van der Waals surface area contributed by atoms with Crippen molar-refractivity contribution in [3.8, 4) is 11.5 Å². The average molecular weight is 320 g/mol. The van der Waals surface area contributed by atoms with E-state index in [1.54, 1.807) is 18.2 Å². The number of aromatic hydroxyl groups is 1. The Balaban J connectivity index is 1.63. The molecule has 0 heterocycles. The lowest BCUT2D eigenvalue weighted by molar-refractivity contribution is 0.340. The first-order valence-corrected chi connectivity index (χ1v) is 7.89. The normalized spacial score (nSPS) is 10.2. The van der Waals surface area contributed by atoms with E-state index in [0.717, 1.165) is 28.5 Å². The molecule has 122 valence electrons. The van der Waals surface area contributed by atoms with Gasteiger partial charge in [-0.3, -0.25) is 0 Å². The minimum Gasteiger partial charge on any atom is -0.508 e. The smallest absolute Gasteiger partial charge is 0.119 e. The van der Waals surface area contributed by atoms with Crippen LogP contribution in [0.2, 0.25) is 0 Å². The van der Waals surface area contributed by atoms with Crippen molar-refractivity contribution in [3.63, 3.8) is 0 Å². The third-order valence-corrected chi connectivity index (χ3v) is 3.47. The van der Waals surface area contributed by atoms with Gasteiger partial charge in [0.1, 0.15) is 11.5 Å². The van der Waals surface area contributed by atoms with E-state index in [9.17, 15) is 5.11 Å². The van der Waals surface area contributed by atoms with Gasteiger partial charge >= 0.3 is 0 Å². The summed E-state index contributed by atoms with van der Waals surface area (Å²) in [4.78, 5) is 0. The van der Waals surface area contributed by atoms with Crippen molar-refractivity contribution in [1.29, 1.82) is 0 Å². The number of nitrogens with one attached hydrogen (secondary N) is 2. The summed E-state index contributed by atoms with van der Waals surface area (Å²) in [5, 5.41) is 16.1. The Morgan fingerprint density at radius 2 is 1.29 bits per heavy atom. The van der Waals surface area contributed by atoms with E-state index < -0.39 is 0 Å². The summed E-state index contributed by atoms with van der Waals surface area (Å²) in [5.74, 6) is 1.11. The molecule has 0 bridgehead atoms. The minimum absolute atomic E-state index is 0.244. The number of hydrogen-bond acceptors (Lipinski definition) is 4. The van der Waals surface area contributed by atoms with Crippen LogP contribution in [0.15, 0.2) is 72.8 Å². The molecule has 0 aliphatic rings. The summed E-state index contributed by atoms with van der Waals surface area (Å²) < 4.78 is 5.44. The zero-order chi connectivity index (χ0) is 16.8. The Labute approximate surface area is 141 Å². The van der Waals surface area contributed by atoms with Gasteiger partial charge in [0.15, 0.2) is 0 Å². The first kappa shape index (κ1) is 15.7. The molecule has 24 heavy (non-hydrogen) atoms. The molecular weight excluding hydrogens is 300 g/mol. The van der Waals surface area contributed by atoms with Gasteiger partial charge in [-0.15, -0.1) is 0 Å². The van der Waals surface area contributed by atoms with Crippen LogP contribution >= 0.6 is 0 Å². The van der Waals surface area contributed by atoms with Crippen molar-refractivity contribution in [3.05, 3.63) is 72.8 Å². The van der Waals surface area contributed by atoms with Gasteiger partial charge in [0.2, 0.25) is 0 Å². The Kier molecular flexibility index (Phi) is 4.87. The quantitative estimate of drug-likeness (QED) is 0.578. The van der Waals surface area contributed by atoms with Crippen LogP contribution < -0.4 is 15.4 Å². The van der Waals surface area contributed by atoms with Crippen molar-refractivity contribution >= 4 is 22.7 Å². The van der Waals surface area contributed by atoms with Crippen molar-refractivity contribution in [1.82, 2.24) is 0 Å². The number of benzene rings is 3. The van der Waals surface area contributed by atoms with E-state index in [1.807, 2.05) is 61.5 Å². The zero-order valence-electron chi connectivity index (χ0n) is 13.5. The van der Waals surface area contributed by atoms with Gasteiger partial charge in [0.25, 0.3) is 0 Å². The molecule has 0 unspecified atom stereocenters. The molecule has 0 saturated heterocycles. The van der Waals surface area contributed by atoms with Gasteiger partial charge in [0.05, 0.1) is 6.61 Å². The van der Waals surface area contributed by atoms with E-state index in [0.29, 0.717) is 6.61 Å². The van der Waals surface area contributed by atoms with Crippen LogP contribution in [0.5, 0.6) is 11.5 Å². The number of ether oxygens (including phenoxy) is 1. The highest BCUT2D eigenvalue weighted by Crippen LogP contribution is 2.24. The molecule has 4 heteroatoms. The Bertz CT molecular complexity index is 783. The highest BCUT2D eigenvalue weighted by Gasteiger charge is 1.99. The van der Waals surface area contributed by atoms with Crippen LogP contribution in [-0.2, 0) is 0 Å². The fourth-order valence-corrected chi connectivity index (χ4v) is 2.36. The molecule has 4 nitrogen and oxygen atoms in total. The summed E-state index contributed by atoms with van der Waals surface area (Å²) in [7, 11) is 0. The second-order valence-corrected chi connectivity index (χ2v) is 5.34. The molecule has 0 saturated carbocycles. The molecule has 0 aromatic heterocycles. The van der Waals surface area contributed by atoms with E-state index in [1.165, 1.54) is 0 Å². The van der Waals surface area contributed by atoms with Crippen molar-refractivity contribution in [2.75, 3.05) is 17.2 Å². The lowest BCUT2D eigenvalue weighted by Gasteiger charge is -2.10. The first-order valence-electron chi connectivity index (χ1n) is 7.89. The molecule has 3 N–H and O–H groups in total. The predicted molar refractivity (Wildman–Crippen MR) is 98.7 cm³/mol. The second kappa shape index (κ2) is 7.42. The van der Waals surface area contributed by atoms with Crippen LogP contribution in [0.4, 0.5) is 22.7 Å². The number of hydrogen-bond donors (Lipinski definition) is 3. The SMILES string of the molecule is CCOc1ccc(Nc2ccc(Nc3cccc(O)c3)cc2)cc1. The summed E-state index contributed by atoms with van der Waals surface area (Å²) >= 11 is 0. The number of phenols is 1. The molecule has 0 aliphatic carbocycles. The van der Waals surface area contributed by atoms with E-state index >= 15 is 0 Å². The van der Waals surface area contributed by atoms with Gasteiger partial charge < -0.3 is 20.5 Å². The highest BCUT2D eigenvalue weighted by molar-refractivity contribution is 5.66. The summed E-state index contributed by atoms with van der Waals surface area (Å²) in [5.41, 5.74) is 3.81. The maximum Gasteiger partial charge on any atom is 0.119 e. The minimum atomic E-state index is 0.244. The molecule has 0 atom stereocenters. The van der Waals surface area contributed by atoms with Crippen LogP contribution in [0.25, 0.3) is 0 Å². The average Bonchev–Trinajstić information content (AvgIpc) is 2.59. The van der Waals surface area contributed by atoms with Crippen LogP contribution in [0.3, 0.4) is 0 Å². The highest BCUT2D eigenvalue weighted by atomic mass is 16.5. The number of rotatable bonds is 6.